The zero-order valence-corrected chi connectivity index (χ0v) is 13.8. The molecule has 1 saturated carbocycles. The van der Waals surface area contributed by atoms with E-state index in [-0.39, 0.29) is 11.4 Å². The highest BCUT2D eigenvalue weighted by Crippen LogP contribution is 2.35. The Morgan fingerprint density at radius 2 is 2.24 bits per heavy atom. The number of nitrogens with one attached hydrogen (secondary N) is 1. The number of amides is 1. The highest BCUT2D eigenvalue weighted by atomic mass is 32.1. The molecule has 3 N–H and O–H groups in total. The molecular weight excluding hydrogens is 282 g/mol. The lowest BCUT2D eigenvalue weighted by Crippen LogP contribution is -2.57. The number of hydrogen-bond acceptors (Lipinski definition) is 4. The van der Waals surface area contributed by atoms with Crippen LogP contribution in [0.1, 0.15) is 39.4 Å². The van der Waals surface area contributed by atoms with Gasteiger partial charge in [-0.3, -0.25) is 4.79 Å². The predicted molar refractivity (Wildman–Crippen MR) is 87.6 cm³/mol. The van der Waals surface area contributed by atoms with E-state index in [4.69, 9.17) is 5.73 Å². The van der Waals surface area contributed by atoms with Crippen molar-refractivity contribution in [2.45, 2.75) is 31.7 Å². The Morgan fingerprint density at radius 1 is 1.52 bits per heavy atom. The van der Waals surface area contributed by atoms with Crippen molar-refractivity contribution in [3.8, 4) is 11.8 Å². The summed E-state index contributed by atoms with van der Waals surface area (Å²) in [5, 5.41) is 3.08. The molecule has 0 aromatic carbocycles. The van der Waals surface area contributed by atoms with E-state index >= 15 is 0 Å². The van der Waals surface area contributed by atoms with Gasteiger partial charge in [0.25, 0.3) is 5.91 Å². The van der Waals surface area contributed by atoms with Crippen molar-refractivity contribution >= 4 is 17.2 Å². The number of likely N-dealkylation sites (N-methyl/N-ethyl adjacent to an activating group) is 1. The van der Waals surface area contributed by atoms with Gasteiger partial charge in [-0.1, -0.05) is 11.8 Å². The summed E-state index contributed by atoms with van der Waals surface area (Å²) in [4.78, 5) is 16.2. The first kappa shape index (κ1) is 16.0. The normalized spacial score (nSPS) is 16.0. The largest absolute Gasteiger partial charge is 0.349 e. The fourth-order valence-electron chi connectivity index (χ4n) is 2.55. The van der Waals surface area contributed by atoms with Gasteiger partial charge in [-0.15, -0.1) is 11.3 Å². The molecule has 0 spiro atoms. The summed E-state index contributed by atoms with van der Waals surface area (Å²) in [7, 11) is 4.17. The smallest absolute Gasteiger partial charge is 0.261 e. The van der Waals surface area contributed by atoms with Crippen molar-refractivity contribution < 1.29 is 4.79 Å². The SMILES string of the molecule is Cc1cc(C(=O)NCC2(N(C)C)CCC2)sc1C#CCN. The number of nitrogens with two attached hydrogens (primary N) is 1. The number of aryl methyl sites for hydroxylation is 1. The first-order valence-corrected chi connectivity index (χ1v) is 8.05. The molecule has 4 nitrogen and oxygen atoms in total. The third-order valence-electron chi connectivity index (χ3n) is 4.26. The molecule has 0 radical (unpaired) electrons. The summed E-state index contributed by atoms with van der Waals surface area (Å²) >= 11 is 1.44. The van der Waals surface area contributed by atoms with E-state index in [2.05, 4.69) is 36.2 Å². The van der Waals surface area contributed by atoms with Crippen molar-refractivity contribution in [3.63, 3.8) is 0 Å². The van der Waals surface area contributed by atoms with Crippen LogP contribution in [0.2, 0.25) is 0 Å². The summed E-state index contributed by atoms with van der Waals surface area (Å²) in [5.74, 6) is 5.85. The van der Waals surface area contributed by atoms with Crippen LogP contribution in [0, 0.1) is 18.8 Å². The van der Waals surface area contributed by atoms with E-state index in [0.717, 1.165) is 28.2 Å². The molecule has 2 rings (SSSR count). The minimum atomic E-state index is -0.00276. The molecule has 1 amide bonds. The molecule has 114 valence electrons. The van der Waals surface area contributed by atoms with Gasteiger partial charge in [-0.2, -0.15) is 0 Å². The van der Waals surface area contributed by atoms with Gasteiger partial charge in [0.1, 0.15) is 0 Å². The van der Waals surface area contributed by atoms with Gasteiger partial charge in [0.05, 0.1) is 16.3 Å². The Labute approximate surface area is 130 Å². The fourth-order valence-corrected chi connectivity index (χ4v) is 3.51. The van der Waals surface area contributed by atoms with E-state index in [1.807, 2.05) is 13.0 Å². The van der Waals surface area contributed by atoms with Gasteiger partial charge < -0.3 is 16.0 Å². The van der Waals surface area contributed by atoms with Gasteiger partial charge >= 0.3 is 0 Å². The molecule has 0 atom stereocenters. The highest BCUT2D eigenvalue weighted by molar-refractivity contribution is 7.14. The second-order valence-electron chi connectivity index (χ2n) is 5.78. The maximum absolute atomic E-state index is 12.3. The van der Waals surface area contributed by atoms with Crippen molar-refractivity contribution in [1.82, 2.24) is 10.2 Å². The van der Waals surface area contributed by atoms with E-state index in [9.17, 15) is 4.79 Å². The van der Waals surface area contributed by atoms with Crippen molar-refractivity contribution in [3.05, 3.63) is 21.4 Å². The molecule has 0 bridgehead atoms. The minimum Gasteiger partial charge on any atom is -0.349 e. The van der Waals surface area contributed by atoms with Crippen molar-refractivity contribution in [2.24, 2.45) is 5.73 Å². The predicted octanol–water partition coefficient (Wildman–Crippen LogP) is 1.58. The molecule has 21 heavy (non-hydrogen) atoms. The summed E-state index contributed by atoms with van der Waals surface area (Å²) in [6.45, 7) is 3.02. The van der Waals surface area contributed by atoms with Gasteiger partial charge in [-0.25, -0.2) is 0 Å². The Bertz CT molecular complexity index is 576. The Balaban J connectivity index is 2.01. The van der Waals surface area contributed by atoms with Gasteiger partial charge in [0, 0.05) is 12.1 Å². The zero-order valence-electron chi connectivity index (χ0n) is 13.0. The molecule has 1 aromatic heterocycles. The van der Waals surface area contributed by atoms with Gasteiger partial charge in [0.2, 0.25) is 0 Å². The topological polar surface area (TPSA) is 58.4 Å². The lowest BCUT2D eigenvalue weighted by molar-refractivity contribution is 0.0559. The van der Waals surface area contributed by atoms with Crippen LogP contribution in [-0.2, 0) is 0 Å². The molecule has 1 fully saturated rings. The zero-order chi connectivity index (χ0) is 15.5. The van der Waals surface area contributed by atoms with Gasteiger partial charge in [0.15, 0.2) is 0 Å². The number of hydrogen-bond donors (Lipinski definition) is 2. The maximum atomic E-state index is 12.3. The number of rotatable bonds is 4. The Hall–Kier alpha value is -1.35. The molecular formula is C16H23N3OS. The standard InChI is InChI=1S/C16H23N3OS/c1-12-10-14(21-13(12)6-4-9-17)15(20)18-11-16(19(2)3)7-5-8-16/h10H,5,7-9,11,17H2,1-3H3,(H,18,20). The summed E-state index contributed by atoms with van der Waals surface area (Å²) < 4.78 is 0. The molecule has 1 aliphatic rings. The van der Waals surface area contributed by atoms with E-state index in [1.165, 1.54) is 17.8 Å². The van der Waals surface area contributed by atoms with Crippen LogP contribution in [0.4, 0.5) is 0 Å². The lowest BCUT2D eigenvalue weighted by atomic mass is 9.75. The molecule has 0 unspecified atom stereocenters. The molecule has 0 aliphatic heterocycles. The van der Waals surface area contributed by atoms with Crippen LogP contribution in [0.5, 0.6) is 0 Å². The second kappa shape index (κ2) is 6.61. The molecule has 1 heterocycles. The highest BCUT2D eigenvalue weighted by Gasteiger charge is 2.39. The third-order valence-corrected chi connectivity index (χ3v) is 5.41. The fraction of sp³-hybridized carbons (Fsp3) is 0.562. The monoisotopic (exact) mass is 305 g/mol. The van der Waals surface area contributed by atoms with E-state index in [0.29, 0.717) is 13.1 Å². The van der Waals surface area contributed by atoms with Crippen LogP contribution >= 0.6 is 11.3 Å². The molecule has 1 aliphatic carbocycles. The number of thiophene rings is 1. The average molecular weight is 305 g/mol. The maximum Gasteiger partial charge on any atom is 0.261 e. The second-order valence-corrected chi connectivity index (χ2v) is 6.84. The lowest BCUT2D eigenvalue weighted by Gasteiger charge is -2.47. The minimum absolute atomic E-state index is 0.00276. The Kier molecular flexibility index (Phi) is 5.04. The van der Waals surface area contributed by atoms with Gasteiger partial charge in [-0.05, 0) is 51.9 Å². The van der Waals surface area contributed by atoms with E-state index in [1.54, 1.807) is 0 Å². The van der Waals surface area contributed by atoms with Crippen molar-refractivity contribution in [2.75, 3.05) is 27.2 Å². The first-order valence-electron chi connectivity index (χ1n) is 7.23. The number of carbonyl (C=O) groups is 1. The molecule has 5 heteroatoms. The summed E-state index contributed by atoms with van der Waals surface area (Å²) in [6, 6.07) is 1.91. The van der Waals surface area contributed by atoms with Crippen LogP contribution < -0.4 is 11.1 Å². The van der Waals surface area contributed by atoms with E-state index < -0.39 is 0 Å². The summed E-state index contributed by atoms with van der Waals surface area (Å²) in [5.41, 5.74) is 6.57. The molecule has 0 saturated heterocycles. The Morgan fingerprint density at radius 3 is 2.76 bits per heavy atom. The third kappa shape index (κ3) is 3.46. The van der Waals surface area contributed by atoms with Crippen LogP contribution in [0.25, 0.3) is 0 Å². The first-order chi connectivity index (χ1) is 9.98. The van der Waals surface area contributed by atoms with Crippen LogP contribution in [-0.4, -0.2) is 43.5 Å². The number of nitrogens with zero attached hydrogens (tertiary/aromatic N) is 1. The summed E-state index contributed by atoms with van der Waals surface area (Å²) in [6.07, 6.45) is 3.54. The number of carbonyl (C=O) groups excluding carboxylic acids is 1. The quantitative estimate of drug-likeness (QED) is 0.831. The van der Waals surface area contributed by atoms with Crippen molar-refractivity contribution in [1.29, 1.82) is 0 Å². The average Bonchev–Trinajstić information content (AvgIpc) is 2.76. The van der Waals surface area contributed by atoms with Crippen LogP contribution in [0.3, 0.4) is 0 Å². The van der Waals surface area contributed by atoms with Crippen LogP contribution in [0.15, 0.2) is 6.07 Å². The molecule has 1 aromatic rings.